The zero-order chi connectivity index (χ0) is 27.1. The maximum Gasteiger partial charge on any atom is 0.227 e. The van der Waals surface area contributed by atoms with Crippen LogP contribution in [0.4, 0.5) is 11.4 Å². The molecule has 2 aromatic carbocycles. The van der Waals surface area contributed by atoms with Crippen LogP contribution in [-0.2, 0) is 16.1 Å². The Morgan fingerprint density at radius 3 is 2.32 bits per heavy atom. The van der Waals surface area contributed by atoms with E-state index in [0.717, 1.165) is 86.1 Å². The summed E-state index contributed by atoms with van der Waals surface area (Å²) in [5.41, 5.74) is 10.9. The van der Waals surface area contributed by atoms with E-state index in [1.807, 2.05) is 4.90 Å². The molecule has 2 aliphatic carbocycles. The van der Waals surface area contributed by atoms with Gasteiger partial charge in [-0.15, -0.1) is 0 Å². The highest BCUT2D eigenvalue weighted by atomic mass is 16.2. The van der Waals surface area contributed by atoms with Crippen molar-refractivity contribution in [3.63, 3.8) is 0 Å². The third-order valence-corrected chi connectivity index (χ3v) is 7.74. The molecule has 0 spiro atoms. The van der Waals surface area contributed by atoms with Crippen LogP contribution in [-0.4, -0.2) is 68.9 Å². The van der Waals surface area contributed by atoms with Crippen molar-refractivity contribution < 1.29 is 9.59 Å². The Kier molecular flexibility index (Phi) is 9.80. The molecule has 0 bridgehead atoms. The van der Waals surface area contributed by atoms with E-state index in [1.165, 1.54) is 0 Å². The van der Waals surface area contributed by atoms with Crippen LogP contribution in [0.15, 0.2) is 42.5 Å². The highest BCUT2D eigenvalue weighted by Gasteiger charge is 2.33. The third-order valence-electron chi connectivity index (χ3n) is 7.74. The average molecular weight is 520 g/mol. The van der Waals surface area contributed by atoms with Crippen molar-refractivity contribution in [3.8, 4) is 11.1 Å². The Morgan fingerprint density at radius 1 is 0.895 bits per heavy atom. The van der Waals surface area contributed by atoms with Gasteiger partial charge < -0.3 is 25.8 Å². The van der Waals surface area contributed by atoms with Crippen LogP contribution in [0.2, 0.25) is 0 Å². The van der Waals surface area contributed by atoms with Gasteiger partial charge in [0.25, 0.3) is 0 Å². The summed E-state index contributed by atoms with van der Waals surface area (Å²) in [6, 6.07) is 14.8. The van der Waals surface area contributed by atoms with E-state index in [-0.39, 0.29) is 23.7 Å². The van der Waals surface area contributed by atoms with Crippen LogP contribution < -0.4 is 16.0 Å². The summed E-state index contributed by atoms with van der Waals surface area (Å²) >= 11 is 0. The molecule has 2 saturated carbocycles. The van der Waals surface area contributed by atoms with Crippen LogP contribution in [0.5, 0.6) is 0 Å². The minimum atomic E-state index is 0.123. The second-order valence-corrected chi connectivity index (χ2v) is 11.3. The number of anilines is 2. The summed E-state index contributed by atoms with van der Waals surface area (Å²) in [5.74, 6) is 0.697. The first-order valence-corrected chi connectivity index (χ1v) is 14.2. The average Bonchev–Trinajstić information content (AvgIpc) is 3.70. The minimum Gasteiger partial charge on any atom is -0.373 e. The van der Waals surface area contributed by atoms with E-state index in [0.29, 0.717) is 19.6 Å². The van der Waals surface area contributed by atoms with Crippen LogP contribution in [0.3, 0.4) is 0 Å². The maximum absolute atomic E-state index is 12.9. The van der Waals surface area contributed by atoms with Gasteiger partial charge in [-0.3, -0.25) is 9.59 Å². The number of nitrogens with zero attached hydrogens (tertiary/aromatic N) is 3. The van der Waals surface area contributed by atoms with E-state index < -0.39 is 0 Å². The fourth-order valence-electron chi connectivity index (χ4n) is 5.01. The zero-order valence-corrected chi connectivity index (χ0v) is 23.4. The van der Waals surface area contributed by atoms with Gasteiger partial charge in [0.05, 0.1) is 11.4 Å². The van der Waals surface area contributed by atoms with Gasteiger partial charge in [-0.25, -0.2) is 0 Å². The van der Waals surface area contributed by atoms with Crippen molar-refractivity contribution in [1.29, 1.82) is 0 Å². The number of benzene rings is 2. The summed E-state index contributed by atoms with van der Waals surface area (Å²) in [6.07, 6.45) is 6.94. The predicted molar refractivity (Wildman–Crippen MR) is 156 cm³/mol. The summed E-state index contributed by atoms with van der Waals surface area (Å²) in [6.45, 7) is 3.81. The molecule has 7 nitrogen and oxygen atoms in total. The van der Waals surface area contributed by atoms with E-state index in [4.69, 9.17) is 5.73 Å². The first kappa shape index (κ1) is 28.1. The van der Waals surface area contributed by atoms with Crippen molar-refractivity contribution in [3.05, 3.63) is 48.0 Å². The molecule has 0 aliphatic heterocycles. The molecule has 206 valence electrons. The summed E-state index contributed by atoms with van der Waals surface area (Å²) in [5, 5.41) is 3.25. The SMILES string of the molecule is CN(C)CCCN(C)c1ccc(-c2cccc(CN(CCCN)C(=O)C3CC3)c2)cc1NC(=O)C1CCC1. The van der Waals surface area contributed by atoms with Gasteiger partial charge in [-0.1, -0.05) is 30.7 Å². The number of hydrogen-bond donors (Lipinski definition) is 2. The van der Waals surface area contributed by atoms with Gasteiger partial charge >= 0.3 is 0 Å². The quantitative estimate of drug-likeness (QED) is 0.382. The molecule has 0 unspecified atom stereocenters. The molecular formula is C31H45N5O2. The fourth-order valence-corrected chi connectivity index (χ4v) is 5.01. The molecule has 0 atom stereocenters. The zero-order valence-electron chi connectivity index (χ0n) is 23.4. The molecule has 0 aromatic heterocycles. The number of nitrogens with one attached hydrogen (secondary N) is 1. The Morgan fingerprint density at radius 2 is 1.66 bits per heavy atom. The maximum atomic E-state index is 12.9. The molecule has 2 aromatic rings. The lowest BCUT2D eigenvalue weighted by Gasteiger charge is -2.27. The van der Waals surface area contributed by atoms with Crippen molar-refractivity contribution in [2.75, 3.05) is 57.5 Å². The minimum absolute atomic E-state index is 0.123. The summed E-state index contributed by atoms with van der Waals surface area (Å²) in [7, 11) is 6.27. The van der Waals surface area contributed by atoms with Crippen LogP contribution >= 0.6 is 0 Å². The standard InChI is InChI=1S/C31H45N5O2/c1-34(2)17-7-18-35(3)29-15-14-27(21-28(29)33-30(37)24-9-5-10-24)26-11-4-8-23(20-26)22-36(19-6-16-32)31(38)25-12-13-25/h4,8,11,14-15,20-21,24-25H,5-7,9-10,12-13,16-19,22,32H2,1-3H3,(H,33,37). The second kappa shape index (κ2) is 13.3. The van der Waals surface area contributed by atoms with Crippen LogP contribution in [0, 0.1) is 11.8 Å². The second-order valence-electron chi connectivity index (χ2n) is 11.3. The van der Waals surface area contributed by atoms with Gasteiger partial charge in [0.1, 0.15) is 0 Å². The van der Waals surface area contributed by atoms with E-state index >= 15 is 0 Å². The number of hydrogen-bond acceptors (Lipinski definition) is 5. The molecule has 2 fully saturated rings. The lowest BCUT2D eigenvalue weighted by molar-refractivity contribution is -0.133. The molecule has 4 rings (SSSR count). The predicted octanol–water partition coefficient (Wildman–Crippen LogP) is 4.57. The largest absolute Gasteiger partial charge is 0.373 e. The monoisotopic (exact) mass is 519 g/mol. The Hall–Kier alpha value is -2.90. The molecule has 38 heavy (non-hydrogen) atoms. The van der Waals surface area contributed by atoms with Gasteiger partial charge in [-0.2, -0.15) is 0 Å². The van der Waals surface area contributed by atoms with Crippen LogP contribution in [0.25, 0.3) is 11.1 Å². The Labute approximate surface area is 228 Å². The number of carbonyl (C=O) groups excluding carboxylic acids is 2. The normalized spacial score (nSPS) is 15.3. The first-order chi connectivity index (χ1) is 18.4. The molecule has 0 radical (unpaired) electrons. The van der Waals surface area contributed by atoms with Crippen molar-refractivity contribution in [1.82, 2.24) is 9.80 Å². The lowest BCUT2D eigenvalue weighted by Crippen LogP contribution is -2.33. The number of rotatable bonds is 14. The third kappa shape index (κ3) is 7.58. The highest BCUT2D eigenvalue weighted by molar-refractivity contribution is 5.97. The molecular weight excluding hydrogens is 474 g/mol. The molecule has 2 aliphatic rings. The van der Waals surface area contributed by atoms with Crippen molar-refractivity contribution in [2.24, 2.45) is 17.6 Å². The Bertz CT molecular complexity index is 1090. The summed E-state index contributed by atoms with van der Waals surface area (Å²) in [4.78, 5) is 32.2. The first-order valence-electron chi connectivity index (χ1n) is 14.2. The van der Waals surface area contributed by atoms with Crippen LogP contribution in [0.1, 0.15) is 50.5 Å². The van der Waals surface area contributed by atoms with Gasteiger partial charge in [0, 0.05) is 38.5 Å². The fraction of sp³-hybridized carbons (Fsp3) is 0.548. The highest BCUT2D eigenvalue weighted by Crippen LogP contribution is 2.35. The molecule has 0 saturated heterocycles. The number of carbonyl (C=O) groups is 2. The van der Waals surface area contributed by atoms with Crippen molar-refractivity contribution >= 4 is 23.2 Å². The molecule has 7 heteroatoms. The van der Waals surface area contributed by atoms with Crippen molar-refractivity contribution in [2.45, 2.75) is 51.5 Å². The summed E-state index contributed by atoms with van der Waals surface area (Å²) < 4.78 is 0. The lowest BCUT2D eigenvalue weighted by atomic mass is 9.85. The van der Waals surface area contributed by atoms with Gasteiger partial charge in [0.15, 0.2) is 0 Å². The number of amides is 2. The van der Waals surface area contributed by atoms with E-state index in [2.05, 4.69) is 78.7 Å². The van der Waals surface area contributed by atoms with Gasteiger partial charge in [0.2, 0.25) is 11.8 Å². The van der Waals surface area contributed by atoms with E-state index in [9.17, 15) is 9.59 Å². The topological polar surface area (TPSA) is 81.9 Å². The number of nitrogens with two attached hydrogens (primary N) is 1. The smallest absolute Gasteiger partial charge is 0.227 e. The molecule has 2 amide bonds. The Balaban J connectivity index is 1.55. The van der Waals surface area contributed by atoms with E-state index in [1.54, 1.807) is 0 Å². The van der Waals surface area contributed by atoms with Gasteiger partial charge in [-0.05, 0) is 101 Å². The molecule has 3 N–H and O–H groups in total. The molecule has 0 heterocycles.